The molecular formula is C21H27F2N7O2. The zero-order valence-corrected chi connectivity index (χ0v) is 18.1. The lowest BCUT2D eigenvalue weighted by Crippen LogP contribution is -2.25. The van der Waals surface area contributed by atoms with Crippen molar-refractivity contribution in [3.05, 3.63) is 35.2 Å². The van der Waals surface area contributed by atoms with Gasteiger partial charge in [-0.15, -0.1) is 0 Å². The van der Waals surface area contributed by atoms with Crippen LogP contribution in [0.3, 0.4) is 0 Å². The number of halogens is 2. The summed E-state index contributed by atoms with van der Waals surface area (Å²) in [5.74, 6) is -1.49. The molecule has 3 aromatic rings. The van der Waals surface area contributed by atoms with Crippen LogP contribution < -0.4 is 21.5 Å². The molecule has 0 atom stereocenters. The quantitative estimate of drug-likeness (QED) is 0.321. The minimum Gasteiger partial charge on any atom is -0.463 e. The van der Waals surface area contributed by atoms with Gasteiger partial charge in [0.25, 0.3) is 5.91 Å². The highest BCUT2D eigenvalue weighted by Crippen LogP contribution is 2.22. The van der Waals surface area contributed by atoms with Crippen molar-refractivity contribution in [2.24, 2.45) is 0 Å². The van der Waals surface area contributed by atoms with Crippen LogP contribution in [0.25, 0.3) is 11.2 Å². The second-order valence-electron chi connectivity index (χ2n) is 7.39. The zero-order valence-electron chi connectivity index (χ0n) is 18.1. The van der Waals surface area contributed by atoms with Crippen molar-refractivity contribution < 1.29 is 18.3 Å². The molecular weight excluding hydrogens is 420 g/mol. The lowest BCUT2D eigenvalue weighted by molar-refractivity contribution is 0.0952. The van der Waals surface area contributed by atoms with Gasteiger partial charge in [-0.3, -0.25) is 4.79 Å². The Morgan fingerprint density at radius 2 is 1.84 bits per heavy atom. The fraction of sp³-hybridized carbons (Fsp3) is 0.429. The Morgan fingerprint density at radius 1 is 1.12 bits per heavy atom. The number of hydrogen-bond acceptors (Lipinski definition) is 7. The third-order valence-electron chi connectivity index (χ3n) is 4.96. The van der Waals surface area contributed by atoms with Gasteiger partial charge in [-0.05, 0) is 38.3 Å². The summed E-state index contributed by atoms with van der Waals surface area (Å²) in [5.41, 5.74) is 11.6. The second-order valence-corrected chi connectivity index (χ2v) is 7.39. The Balaban J connectivity index is 1.58. The molecule has 172 valence electrons. The van der Waals surface area contributed by atoms with E-state index < -0.39 is 23.2 Å². The van der Waals surface area contributed by atoms with Crippen molar-refractivity contribution in [3.8, 4) is 6.01 Å². The van der Waals surface area contributed by atoms with Crippen molar-refractivity contribution in [3.63, 3.8) is 0 Å². The maximum absolute atomic E-state index is 13.5. The number of fused-ring (bicyclic) bond motifs is 1. The maximum atomic E-state index is 13.5. The molecule has 0 radical (unpaired) electrons. The molecule has 1 amide bonds. The van der Waals surface area contributed by atoms with Crippen LogP contribution in [0.4, 0.5) is 20.3 Å². The van der Waals surface area contributed by atoms with E-state index in [0.717, 1.165) is 30.8 Å². The molecule has 0 bridgehead atoms. The maximum Gasteiger partial charge on any atom is 0.320 e. The molecule has 2 heterocycles. The molecule has 0 saturated carbocycles. The monoisotopic (exact) mass is 447 g/mol. The van der Waals surface area contributed by atoms with Crippen LogP contribution in [0.15, 0.2) is 12.1 Å². The minimum absolute atomic E-state index is 0.117. The molecule has 0 spiro atoms. The molecule has 9 nitrogen and oxygen atoms in total. The number of imidazole rings is 1. The van der Waals surface area contributed by atoms with Crippen LogP contribution >= 0.6 is 0 Å². The Bertz CT molecular complexity index is 1090. The van der Waals surface area contributed by atoms with E-state index in [-0.39, 0.29) is 17.4 Å². The number of nitrogens with one attached hydrogen (secondary N) is 1. The largest absolute Gasteiger partial charge is 0.463 e. The van der Waals surface area contributed by atoms with Gasteiger partial charge in [-0.2, -0.15) is 9.97 Å². The smallest absolute Gasteiger partial charge is 0.320 e. The van der Waals surface area contributed by atoms with Gasteiger partial charge < -0.3 is 26.1 Å². The van der Waals surface area contributed by atoms with Gasteiger partial charge in [0.15, 0.2) is 17.0 Å². The van der Waals surface area contributed by atoms with E-state index in [9.17, 15) is 13.6 Å². The van der Waals surface area contributed by atoms with E-state index in [4.69, 9.17) is 16.2 Å². The Hall–Kier alpha value is -3.50. The van der Waals surface area contributed by atoms with Gasteiger partial charge in [-0.25, -0.2) is 13.8 Å². The number of rotatable bonds is 10. The summed E-state index contributed by atoms with van der Waals surface area (Å²) in [6, 6.07) is 2.05. The Labute approximate surface area is 184 Å². The van der Waals surface area contributed by atoms with E-state index >= 15 is 0 Å². The molecule has 32 heavy (non-hydrogen) atoms. The summed E-state index contributed by atoms with van der Waals surface area (Å²) in [7, 11) is 0. The number of aryl methyl sites for hydroxylation is 2. The van der Waals surface area contributed by atoms with Crippen molar-refractivity contribution in [2.45, 2.75) is 46.1 Å². The molecule has 0 aliphatic carbocycles. The highest BCUT2D eigenvalue weighted by molar-refractivity contribution is 5.94. The molecule has 1 aromatic carbocycles. The highest BCUT2D eigenvalue weighted by atomic mass is 19.1. The van der Waals surface area contributed by atoms with E-state index in [1.807, 2.05) is 11.5 Å². The number of carbonyl (C=O) groups is 1. The number of aromatic nitrogens is 4. The van der Waals surface area contributed by atoms with Gasteiger partial charge in [0.05, 0.1) is 6.61 Å². The van der Waals surface area contributed by atoms with E-state index in [1.54, 1.807) is 0 Å². The van der Waals surface area contributed by atoms with Crippen LogP contribution in [0.1, 0.15) is 48.8 Å². The summed E-state index contributed by atoms with van der Waals surface area (Å²) >= 11 is 0. The van der Waals surface area contributed by atoms with Crippen LogP contribution in [0.2, 0.25) is 0 Å². The number of benzene rings is 1. The molecule has 11 heteroatoms. The molecule has 0 aliphatic heterocycles. The van der Waals surface area contributed by atoms with Gasteiger partial charge in [0.2, 0.25) is 0 Å². The highest BCUT2D eigenvalue weighted by Gasteiger charge is 2.16. The fourth-order valence-corrected chi connectivity index (χ4v) is 3.16. The summed E-state index contributed by atoms with van der Waals surface area (Å²) in [4.78, 5) is 25.2. The number of anilines is 2. The van der Waals surface area contributed by atoms with Crippen LogP contribution in [0, 0.1) is 18.6 Å². The SMILES string of the molecule is CCCCOc1nc(N)c2nc(C)n(CCCCNC(=O)c3cc(F)c(N)c(F)c3)c2n1. The average molecular weight is 447 g/mol. The fourth-order valence-electron chi connectivity index (χ4n) is 3.16. The molecule has 3 rings (SSSR count). The van der Waals surface area contributed by atoms with Crippen molar-refractivity contribution >= 4 is 28.6 Å². The Morgan fingerprint density at radius 3 is 2.53 bits per heavy atom. The summed E-state index contributed by atoms with van der Waals surface area (Å²) in [6.07, 6.45) is 3.21. The van der Waals surface area contributed by atoms with Gasteiger partial charge in [0.1, 0.15) is 23.1 Å². The van der Waals surface area contributed by atoms with Crippen LogP contribution in [-0.4, -0.2) is 38.6 Å². The molecule has 5 N–H and O–H groups in total. The third kappa shape index (κ3) is 5.21. The topological polar surface area (TPSA) is 134 Å². The predicted molar refractivity (Wildman–Crippen MR) is 117 cm³/mol. The Kier molecular flexibility index (Phi) is 7.39. The first-order valence-corrected chi connectivity index (χ1v) is 10.5. The number of unbranched alkanes of at least 4 members (excludes halogenated alkanes) is 2. The summed E-state index contributed by atoms with van der Waals surface area (Å²) in [5, 5.41) is 2.65. The second kappa shape index (κ2) is 10.2. The summed E-state index contributed by atoms with van der Waals surface area (Å²) in [6.45, 7) is 5.35. The van der Waals surface area contributed by atoms with Crippen molar-refractivity contribution in [1.82, 2.24) is 24.8 Å². The van der Waals surface area contributed by atoms with Crippen molar-refractivity contribution in [2.75, 3.05) is 24.6 Å². The first-order chi connectivity index (χ1) is 15.3. The number of nitrogen functional groups attached to an aromatic ring is 2. The molecule has 0 fully saturated rings. The minimum atomic E-state index is -0.961. The molecule has 0 aliphatic rings. The van der Waals surface area contributed by atoms with Crippen LogP contribution in [-0.2, 0) is 6.54 Å². The number of nitrogens with zero attached hydrogens (tertiary/aromatic N) is 4. The number of nitrogens with two attached hydrogens (primary N) is 2. The zero-order chi connectivity index (χ0) is 23.3. The van der Waals surface area contributed by atoms with E-state index in [2.05, 4.69) is 27.2 Å². The van der Waals surface area contributed by atoms with E-state index in [0.29, 0.717) is 43.7 Å². The predicted octanol–water partition coefficient (Wildman–Crippen LogP) is 2.97. The van der Waals surface area contributed by atoms with Crippen molar-refractivity contribution in [1.29, 1.82) is 0 Å². The number of hydrogen-bond donors (Lipinski definition) is 3. The number of carbonyl (C=O) groups excluding carboxylic acids is 1. The molecule has 2 aromatic heterocycles. The summed E-state index contributed by atoms with van der Waals surface area (Å²) < 4.78 is 34.6. The first kappa shape index (κ1) is 23.2. The first-order valence-electron chi connectivity index (χ1n) is 10.5. The lowest BCUT2D eigenvalue weighted by atomic mass is 10.1. The van der Waals surface area contributed by atoms with Gasteiger partial charge >= 0.3 is 6.01 Å². The normalized spacial score (nSPS) is 11.1. The van der Waals surface area contributed by atoms with Gasteiger partial charge in [-0.1, -0.05) is 13.3 Å². The standard InChI is InChI=1S/C21H27F2N7O2/c1-3-4-9-32-21-28-18(25)17-19(29-21)30(12(2)27-17)8-6-5-7-26-20(31)13-10-14(22)16(24)15(23)11-13/h10-11H,3-9,24H2,1-2H3,(H,26,31)(H2,25,28,29). The lowest BCUT2D eigenvalue weighted by Gasteiger charge is -2.09. The average Bonchev–Trinajstić information content (AvgIpc) is 3.07. The van der Waals surface area contributed by atoms with Crippen LogP contribution in [0.5, 0.6) is 6.01 Å². The van der Waals surface area contributed by atoms with E-state index in [1.165, 1.54) is 0 Å². The molecule has 0 saturated heterocycles. The number of ether oxygens (including phenoxy) is 1. The molecule has 0 unspecified atom stereocenters. The number of amides is 1. The third-order valence-corrected chi connectivity index (χ3v) is 4.96. The van der Waals surface area contributed by atoms with Gasteiger partial charge in [0, 0.05) is 18.7 Å².